The fraction of sp³-hybridized carbons (Fsp3) is 0.571. The maximum absolute atomic E-state index is 9.47. The molecule has 1 saturated heterocycles. The van der Waals surface area contributed by atoms with Gasteiger partial charge in [0.2, 0.25) is 0 Å². The third-order valence-electron chi connectivity index (χ3n) is 3.86. The molecule has 1 fully saturated rings. The second-order valence-electron chi connectivity index (χ2n) is 5.06. The number of methoxy groups -OCH3 is 1. The second-order valence-corrected chi connectivity index (χ2v) is 5.06. The van der Waals surface area contributed by atoms with Crippen molar-refractivity contribution in [1.82, 2.24) is 4.90 Å². The lowest BCUT2D eigenvalue weighted by Crippen LogP contribution is -2.34. The van der Waals surface area contributed by atoms with Crippen LogP contribution in [0, 0.1) is 5.92 Å². The summed E-state index contributed by atoms with van der Waals surface area (Å²) in [5.41, 5.74) is 7.66. The van der Waals surface area contributed by atoms with Crippen molar-refractivity contribution >= 4 is 5.69 Å². The third kappa shape index (κ3) is 2.60. The molecule has 1 aliphatic heterocycles. The van der Waals surface area contributed by atoms with E-state index in [1.807, 2.05) is 18.2 Å². The minimum absolute atomic E-state index is 0.214. The molecule has 1 aliphatic rings. The van der Waals surface area contributed by atoms with E-state index in [0.29, 0.717) is 5.92 Å². The molecule has 0 spiro atoms. The number of likely N-dealkylation sites (tertiary alicyclic amines) is 1. The number of nitrogen functional groups attached to an aromatic ring is 1. The van der Waals surface area contributed by atoms with Gasteiger partial charge < -0.3 is 15.6 Å². The van der Waals surface area contributed by atoms with E-state index in [0.717, 1.165) is 36.5 Å². The molecular formula is C14H22N2O2. The third-order valence-corrected chi connectivity index (χ3v) is 3.86. The number of ether oxygens (including phenoxy) is 1. The Morgan fingerprint density at radius 3 is 2.94 bits per heavy atom. The van der Waals surface area contributed by atoms with E-state index in [1.54, 1.807) is 7.11 Å². The van der Waals surface area contributed by atoms with Crippen molar-refractivity contribution in [1.29, 1.82) is 0 Å². The molecule has 4 nitrogen and oxygen atoms in total. The summed E-state index contributed by atoms with van der Waals surface area (Å²) in [5, 5.41) is 9.47. The molecule has 0 saturated carbocycles. The molecule has 3 N–H and O–H groups in total. The van der Waals surface area contributed by atoms with E-state index in [9.17, 15) is 5.11 Å². The number of hydrogen-bond acceptors (Lipinski definition) is 4. The SMILES string of the molecule is COc1ccc(N)cc1CN1CCC(C)C1CO. The van der Waals surface area contributed by atoms with Crippen LogP contribution in [0.5, 0.6) is 5.75 Å². The van der Waals surface area contributed by atoms with Crippen molar-refractivity contribution in [2.24, 2.45) is 5.92 Å². The topological polar surface area (TPSA) is 58.7 Å². The summed E-state index contributed by atoms with van der Waals surface area (Å²) in [4.78, 5) is 2.31. The van der Waals surface area contributed by atoms with E-state index >= 15 is 0 Å². The van der Waals surface area contributed by atoms with Crippen LogP contribution >= 0.6 is 0 Å². The van der Waals surface area contributed by atoms with Crippen LogP contribution in [-0.4, -0.2) is 36.3 Å². The summed E-state index contributed by atoms with van der Waals surface area (Å²) >= 11 is 0. The summed E-state index contributed by atoms with van der Waals surface area (Å²) in [7, 11) is 1.67. The van der Waals surface area contributed by atoms with E-state index in [1.165, 1.54) is 0 Å². The van der Waals surface area contributed by atoms with Gasteiger partial charge >= 0.3 is 0 Å². The fourth-order valence-electron chi connectivity index (χ4n) is 2.72. The first kappa shape index (κ1) is 13.2. The molecule has 2 rings (SSSR count). The van der Waals surface area contributed by atoms with Gasteiger partial charge in [0, 0.05) is 23.8 Å². The first-order valence-corrected chi connectivity index (χ1v) is 6.43. The highest BCUT2D eigenvalue weighted by Crippen LogP contribution is 2.29. The molecule has 4 heteroatoms. The number of aliphatic hydroxyl groups is 1. The minimum Gasteiger partial charge on any atom is -0.496 e. The Morgan fingerprint density at radius 2 is 2.28 bits per heavy atom. The van der Waals surface area contributed by atoms with Crippen LogP contribution in [-0.2, 0) is 6.54 Å². The van der Waals surface area contributed by atoms with Gasteiger partial charge in [-0.15, -0.1) is 0 Å². The first-order chi connectivity index (χ1) is 8.65. The lowest BCUT2D eigenvalue weighted by molar-refractivity contribution is 0.133. The smallest absolute Gasteiger partial charge is 0.123 e. The van der Waals surface area contributed by atoms with Crippen LogP contribution < -0.4 is 10.5 Å². The number of benzene rings is 1. The predicted molar refractivity (Wildman–Crippen MR) is 72.5 cm³/mol. The number of rotatable bonds is 4. The van der Waals surface area contributed by atoms with Crippen molar-refractivity contribution in [3.8, 4) is 5.75 Å². The van der Waals surface area contributed by atoms with E-state index in [4.69, 9.17) is 10.5 Å². The Hall–Kier alpha value is -1.26. The molecule has 2 unspecified atom stereocenters. The summed E-state index contributed by atoms with van der Waals surface area (Å²) in [6.45, 7) is 4.21. The largest absolute Gasteiger partial charge is 0.496 e. The normalized spacial score (nSPS) is 24.4. The fourth-order valence-corrected chi connectivity index (χ4v) is 2.72. The summed E-state index contributed by atoms with van der Waals surface area (Å²) in [6, 6.07) is 5.95. The lowest BCUT2D eigenvalue weighted by atomic mass is 10.0. The zero-order valence-electron chi connectivity index (χ0n) is 11.1. The van der Waals surface area contributed by atoms with Crippen LogP contribution in [0.2, 0.25) is 0 Å². The molecule has 18 heavy (non-hydrogen) atoms. The Kier molecular flexibility index (Phi) is 4.09. The number of aliphatic hydroxyl groups excluding tert-OH is 1. The standard InChI is InChI=1S/C14H22N2O2/c1-10-5-6-16(13(10)9-17)8-11-7-12(15)3-4-14(11)18-2/h3-4,7,10,13,17H,5-6,8-9,15H2,1-2H3. The summed E-state index contributed by atoms with van der Waals surface area (Å²) in [5.74, 6) is 1.41. The molecule has 0 aromatic heterocycles. The predicted octanol–water partition coefficient (Wildman–Crippen LogP) is 1.48. The van der Waals surface area contributed by atoms with E-state index < -0.39 is 0 Å². The van der Waals surface area contributed by atoms with Gasteiger partial charge in [0.1, 0.15) is 5.75 Å². The Bertz CT molecular complexity index is 409. The molecule has 0 amide bonds. The second kappa shape index (κ2) is 5.59. The van der Waals surface area contributed by atoms with Gasteiger partial charge in [-0.2, -0.15) is 0 Å². The summed E-state index contributed by atoms with van der Waals surface area (Å²) in [6.07, 6.45) is 1.13. The highest BCUT2D eigenvalue weighted by molar-refractivity contribution is 5.47. The van der Waals surface area contributed by atoms with Crippen LogP contribution in [0.15, 0.2) is 18.2 Å². The molecular weight excluding hydrogens is 228 g/mol. The van der Waals surface area contributed by atoms with Crippen molar-refractivity contribution in [3.05, 3.63) is 23.8 Å². The van der Waals surface area contributed by atoms with Crippen LogP contribution in [0.3, 0.4) is 0 Å². The molecule has 1 aromatic rings. The van der Waals surface area contributed by atoms with Gasteiger partial charge in [-0.25, -0.2) is 0 Å². The van der Waals surface area contributed by atoms with Gasteiger partial charge in [0.25, 0.3) is 0 Å². The molecule has 0 aliphatic carbocycles. The Morgan fingerprint density at radius 1 is 1.50 bits per heavy atom. The Balaban J connectivity index is 2.16. The lowest BCUT2D eigenvalue weighted by Gasteiger charge is -2.25. The highest BCUT2D eigenvalue weighted by Gasteiger charge is 2.30. The van der Waals surface area contributed by atoms with Crippen molar-refractivity contribution in [2.75, 3.05) is 26.0 Å². The average molecular weight is 250 g/mol. The summed E-state index contributed by atoms with van der Waals surface area (Å²) < 4.78 is 5.36. The maximum atomic E-state index is 9.47. The van der Waals surface area contributed by atoms with Gasteiger partial charge in [0.15, 0.2) is 0 Å². The highest BCUT2D eigenvalue weighted by atomic mass is 16.5. The number of hydrogen-bond donors (Lipinski definition) is 2. The monoisotopic (exact) mass is 250 g/mol. The van der Waals surface area contributed by atoms with Gasteiger partial charge in [-0.3, -0.25) is 4.90 Å². The van der Waals surface area contributed by atoms with Gasteiger partial charge in [-0.05, 0) is 37.1 Å². The number of anilines is 1. The molecule has 100 valence electrons. The average Bonchev–Trinajstić information content (AvgIpc) is 2.70. The maximum Gasteiger partial charge on any atom is 0.123 e. The van der Waals surface area contributed by atoms with Crippen molar-refractivity contribution in [3.63, 3.8) is 0 Å². The first-order valence-electron chi connectivity index (χ1n) is 6.43. The van der Waals surface area contributed by atoms with Crippen molar-refractivity contribution < 1.29 is 9.84 Å². The molecule has 1 heterocycles. The molecule has 0 bridgehead atoms. The van der Waals surface area contributed by atoms with Crippen LogP contribution in [0.1, 0.15) is 18.9 Å². The zero-order chi connectivity index (χ0) is 13.1. The molecule has 2 atom stereocenters. The molecule has 0 radical (unpaired) electrons. The van der Waals surface area contributed by atoms with Gasteiger partial charge in [-0.1, -0.05) is 6.92 Å². The number of nitrogens with two attached hydrogens (primary N) is 1. The zero-order valence-corrected chi connectivity index (χ0v) is 11.1. The molecule has 1 aromatic carbocycles. The van der Waals surface area contributed by atoms with Crippen LogP contribution in [0.25, 0.3) is 0 Å². The quantitative estimate of drug-likeness (QED) is 0.795. The Labute approximate surface area is 108 Å². The van der Waals surface area contributed by atoms with Crippen LogP contribution in [0.4, 0.5) is 5.69 Å². The minimum atomic E-state index is 0.214. The van der Waals surface area contributed by atoms with E-state index in [-0.39, 0.29) is 12.6 Å². The van der Waals surface area contributed by atoms with E-state index in [2.05, 4.69) is 11.8 Å². The number of nitrogens with zero attached hydrogens (tertiary/aromatic N) is 1. The van der Waals surface area contributed by atoms with Crippen molar-refractivity contribution in [2.45, 2.75) is 25.9 Å². The van der Waals surface area contributed by atoms with Gasteiger partial charge in [0.05, 0.1) is 13.7 Å².